The lowest BCUT2D eigenvalue weighted by Crippen LogP contribution is -2.36. The molecule has 0 bridgehead atoms. The van der Waals surface area contributed by atoms with E-state index >= 15 is 0 Å². The largest absolute Gasteiger partial charge is 0.381 e. The van der Waals surface area contributed by atoms with Gasteiger partial charge in [0.2, 0.25) is 0 Å². The minimum atomic E-state index is 0.109. The molecule has 0 atom stereocenters. The van der Waals surface area contributed by atoms with Crippen LogP contribution < -0.4 is 4.90 Å². The summed E-state index contributed by atoms with van der Waals surface area (Å²) in [6.07, 6.45) is 2.44. The second-order valence-electron chi connectivity index (χ2n) is 4.39. The molecule has 0 saturated carbocycles. The minimum absolute atomic E-state index is 0.109. The first-order valence-electron chi connectivity index (χ1n) is 5.88. The maximum atomic E-state index is 11.4. The van der Waals surface area contributed by atoms with Gasteiger partial charge in [-0.25, -0.2) is 4.98 Å². The smallest absolute Gasteiger partial charge is 0.186 e. The van der Waals surface area contributed by atoms with Gasteiger partial charge in [0.1, 0.15) is 0 Å². The van der Waals surface area contributed by atoms with Crippen molar-refractivity contribution < 1.29 is 9.53 Å². The fraction of sp³-hybridized carbons (Fsp3) is 0.667. The van der Waals surface area contributed by atoms with Crippen molar-refractivity contribution in [3.8, 4) is 0 Å². The summed E-state index contributed by atoms with van der Waals surface area (Å²) in [4.78, 5) is 18.9. The van der Waals surface area contributed by atoms with Crippen LogP contribution in [-0.4, -0.2) is 37.1 Å². The van der Waals surface area contributed by atoms with E-state index in [-0.39, 0.29) is 5.78 Å². The molecule has 5 heteroatoms. The van der Waals surface area contributed by atoms with E-state index in [0.717, 1.165) is 41.6 Å². The molecule has 0 unspecified atom stereocenters. The van der Waals surface area contributed by atoms with E-state index in [2.05, 4.69) is 9.88 Å². The number of carbonyl (C=O) groups is 1. The van der Waals surface area contributed by atoms with Crippen LogP contribution in [-0.2, 0) is 4.74 Å². The minimum Gasteiger partial charge on any atom is -0.381 e. The zero-order valence-corrected chi connectivity index (χ0v) is 11.3. The number of anilines is 1. The molecule has 0 radical (unpaired) electrons. The van der Waals surface area contributed by atoms with Gasteiger partial charge in [0.15, 0.2) is 10.9 Å². The molecule has 1 aliphatic heterocycles. The second-order valence-corrected chi connectivity index (χ2v) is 5.37. The Hall–Kier alpha value is -0.940. The lowest BCUT2D eigenvalue weighted by Gasteiger charge is -2.30. The molecule has 0 N–H and O–H groups in total. The van der Waals surface area contributed by atoms with Gasteiger partial charge in [-0.1, -0.05) is 11.3 Å². The Kier molecular flexibility index (Phi) is 3.79. The summed E-state index contributed by atoms with van der Waals surface area (Å²) in [5, 5.41) is 0.974. The second kappa shape index (κ2) is 5.14. The summed E-state index contributed by atoms with van der Waals surface area (Å²) in [5.41, 5.74) is 0.853. The van der Waals surface area contributed by atoms with E-state index in [0.29, 0.717) is 6.10 Å². The molecule has 1 aromatic rings. The highest BCUT2D eigenvalue weighted by molar-refractivity contribution is 7.17. The number of piperidine rings is 1. The molecular weight excluding hydrogens is 236 g/mol. The van der Waals surface area contributed by atoms with Crippen molar-refractivity contribution in [1.82, 2.24) is 4.98 Å². The van der Waals surface area contributed by atoms with Crippen LogP contribution in [0.25, 0.3) is 0 Å². The highest BCUT2D eigenvalue weighted by Crippen LogP contribution is 2.28. The maximum absolute atomic E-state index is 11.4. The summed E-state index contributed by atoms with van der Waals surface area (Å²) < 4.78 is 5.34. The van der Waals surface area contributed by atoms with Gasteiger partial charge in [-0.2, -0.15) is 0 Å². The Morgan fingerprint density at radius 2 is 2.12 bits per heavy atom. The van der Waals surface area contributed by atoms with Crippen LogP contribution >= 0.6 is 11.3 Å². The first kappa shape index (κ1) is 12.5. The van der Waals surface area contributed by atoms with E-state index in [9.17, 15) is 4.79 Å². The normalized spacial score (nSPS) is 17.5. The Bertz CT molecular complexity index is 409. The number of Topliss-reactive ketones (excluding diaryl/α,β-unsaturated/α-hetero) is 1. The van der Waals surface area contributed by atoms with Gasteiger partial charge in [0.05, 0.1) is 16.7 Å². The van der Waals surface area contributed by atoms with E-state index in [1.165, 1.54) is 11.3 Å². The summed E-state index contributed by atoms with van der Waals surface area (Å²) in [6.45, 7) is 5.42. The van der Waals surface area contributed by atoms with Crippen molar-refractivity contribution in [2.45, 2.75) is 32.8 Å². The van der Waals surface area contributed by atoms with Gasteiger partial charge < -0.3 is 9.64 Å². The van der Waals surface area contributed by atoms with Gasteiger partial charge in [-0.05, 0) is 19.8 Å². The molecule has 2 heterocycles. The van der Waals surface area contributed by atoms with Crippen LogP contribution in [0.1, 0.15) is 35.1 Å². The summed E-state index contributed by atoms with van der Waals surface area (Å²) in [6, 6.07) is 0. The zero-order chi connectivity index (χ0) is 12.4. The van der Waals surface area contributed by atoms with Crippen molar-refractivity contribution in [2.75, 3.05) is 25.1 Å². The number of rotatable bonds is 3. The number of aromatic nitrogens is 1. The van der Waals surface area contributed by atoms with Crippen LogP contribution in [0.15, 0.2) is 0 Å². The van der Waals surface area contributed by atoms with Gasteiger partial charge in [-0.3, -0.25) is 4.79 Å². The fourth-order valence-corrected chi connectivity index (χ4v) is 3.14. The van der Waals surface area contributed by atoms with Crippen molar-refractivity contribution >= 4 is 22.3 Å². The number of hydrogen-bond donors (Lipinski definition) is 0. The molecule has 94 valence electrons. The highest BCUT2D eigenvalue weighted by Gasteiger charge is 2.22. The monoisotopic (exact) mass is 254 g/mol. The molecule has 17 heavy (non-hydrogen) atoms. The standard InChI is InChI=1S/C12H18N2O2S/c1-8-11(9(2)15)17-12(13-8)14-6-4-10(16-3)5-7-14/h10H,4-7H2,1-3H3. The van der Waals surface area contributed by atoms with Crippen LogP contribution in [0.4, 0.5) is 5.13 Å². The summed E-state index contributed by atoms with van der Waals surface area (Å²) in [7, 11) is 1.77. The van der Waals surface area contributed by atoms with Gasteiger partial charge in [0, 0.05) is 27.1 Å². The Balaban J connectivity index is 2.08. The Morgan fingerprint density at radius 1 is 1.47 bits per heavy atom. The third kappa shape index (κ3) is 2.66. The lowest BCUT2D eigenvalue weighted by atomic mass is 10.1. The van der Waals surface area contributed by atoms with E-state index in [1.807, 2.05) is 6.92 Å². The predicted molar refractivity (Wildman–Crippen MR) is 69.1 cm³/mol. The average molecular weight is 254 g/mol. The summed E-state index contributed by atoms with van der Waals surface area (Å²) in [5.74, 6) is 0.109. The van der Waals surface area contributed by atoms with Gasteiger partial charge >= 0.3 is 0 Å². The molecule has 0 aromatic carbocycles. The number of carbonyl (C=O) groups excluding carboxylic acids is 1. The number of nitrogens with zero attached hydrogens (tertiary/aromatic N) is 2. The van der Waals surface area contributed by atoms with E-state index in [4.69, 9.17) is 4.74 Å². The number of aryl methyl sites for hydroxylation is 1. The molecule has 2 rings (SSSR count). The van der Waals surface area contributed by atoms with Crippen LogP contribution in [0, 0.1) is 6.92 Å². The average Bonchev–Trinajstić information content (AvgIpc) is 2.71. The van der Waals surface area contributed by atoms with Crippen LogP contribution in [0.2, 0.25) is 0 Å². The number of ether oxygens (including phenoxy) is 1. The van der Waals surface area contributed by atoms with E-state index in [1.54, 1.807) is 14.0 Å². The quantitative estimate of drug-likeness (QED) is 0.776. The topological polar surface area (TPSA) is 42.4 Å². The van der Waals surface area contributed by atoms with E-state index < -0.39 is 0 Å². The van der Waals surface area contributed by atoms with Crippen molar-refractivity contribution in [2.24, 2.45) is 0 Å². The number of ketones is 1. The molecule has 1 aromatic heterocycles. The predicted octanol–water partition coefficient (Wildman–Crippen LogP) is 2.27. The molecule has 1 saturated heterocycles. The SMILES string of the molecule is COC1CCN(c2nc(C)c(C(C)=O)s2)CC1. The lowest BCUT2D eigenvalue weighted by molar-refractivity contribution is 0.0819. The van der Waals surface area contributed by atoms with Crippen LogP contribution in [0.3, 0.4) is 0 Å². The number of hydrogen-bond acceptors (Lipinski definition) is 5. The van der Waals surface area contributed by atoms with Crippen molar-refractivity contribution in [3.63, 3.8) is 0 Å². The first-order chi connectivity index (χ1) is 8.11. The number of methoxy groups -OCH3 is 1. The van der Waals surface area contributed by atoms with Crippen molar-refractivity contribution in [3.05, 3.63) is 10.6 Å². The summed E-state index contributed by atoms with van der Waals surface area (Å²) >= 11 is 1.51. The molecule has 1 aliphatic rings. The van der Waals surface area contributed by atoms with Crippen molar-refractivity contribution in [1.29, 1.82) is 0 Å². The molecular formula is C12H18N2O2S. The highest BCUT2D eigenvalue weighted by atomic mass is 32.1. The molecule has 0 aliphatic carbocycles. The zero-order valence-electron chi connectivity index (χ0n) is 10.5. The van der Waals surface area contributed by atoms with Gasteiger partial charge in [0.25, 0.3) is 0 Å². The molecule has 4 nitrogen and oxygen atoms in total. The third-order valence-corrected chi connectivity index (χ3v) is 4.47. The first-order valence-corrected chi connectivity index (χ1v) is 6.69. The maximum Gasteiger partial charge on any atom is 0.186 e. The molecule has 0 spiro atoms. The molecule has 0 amide bonds. The fourth-order valence-electron chi connectivity index (χ4n) is 2.13. The van der Waals surface area contributed by atoms with Crippen LogP contribution in [0.5, 0.6) is 0 Å². The molecule has 1 fully saturated rings. The third-order valence-electron chi connectivity index (χ3n) is 3.15. The Labute approximate surface area is 106 Å². The number of thiazole rings is 1. The van der Waals surface area contributed by atoms with Gasteiger partial charge in [-0.15, -0.1) is 0 Å². The Morgan fingerprint density at radius 3 is 2.59 bits per heavy atom.